The fourth-order valence-electron chi connectivity index (χ4n) is 3.91. The number of aryl methyl sites for hydroxylation is 1. The molecule has 8 heteroatoms. The van der Waals surface area contributed by atoms with Crippen LogP contribution in [-0.2, 0) is 11.3 Å². The van der Waals surface area contributed by atoms with Crippen molar-refractivity contribution in [1.82, 2.24) is 14.9 Å². The van der Waals surface area contributed by atoms with E-state index in [4.69, 9.17) is 9.47 Å². The van der Waals surface area contributed by atoms with Crippen LogP contribution in [0.1, 0.15) is 55.8 Å². The summed E-state index contributed by atoms with van der Waals surface area (Å²) >= 11 is 0. The molecular formula is C28H36N4O4. The van der Waals surface area contributed by atoms with Crippen molar-refractivity contribution in [2.45, 2.75) is 53.0 Å². The van der Waals surface area contributed by atoms with Crippen molar-refractivity contribution < 1.29 is 19.1 Å². The van der Waals surface area contributed by atoms with E-state index in [1.165, 1.54) is 0 Å². The first-order valence-electron chi connectivity index (χ1n) is 12.6. The number of esters is 1. The maximum atomic E-state index is 12.6. The van der Waals surface area contributed by atoms with Gasteiger partial charge in [0.1, 0.15) is 11.6 Å². The lowest BCUT2D eigenvalue weighted by Crippen LogP contribution is -2.29. The molecule has 2 aromatic carbocycles. The molecular weight excluding hydrogens is 456 g/mol. The number of rotatable bonds is 13. The second kappa shape index (κ2) is 13.9. The predicted octanol–water partition coefficient (Wildman–Crippen LogP) is 5.82. The van der Waals surface area contributed by atoms with Crippen LogP contribution in [0.5, 0.6) is 5.75 Å². The quantitative estimate of drug-likeness (QED) is 0.232. The number of amides is 2. The number of urea groups is 1. The average Bonchev–Trinajstić information content (AvgIpc) is 3.22. The van der Waals surface area contributed by atoms with Gasteiger partial charge in [-0.15, -0.1) is 0 Å². The van der Waals surface area contributed by atoms with Crippen molar-refractivity contribution in [3.8, 4) is 17.0 Å². The van der Waals surface area contributed by atoms with Crippen molar-refractivity contribution in [2.75, 3.05) is 25.1 Å². The zero-order chi connectivity index (χ0) is 25.8. The highest BCUT2D eigenvalue weighted by Crippen LogP contribution is 2.27. The molecule has 0 fully saturated rings. The molecule has 3 aromatic rings. The van der Waals surface area contributed by atoms with Crippen LogP contribution in [0.4, 0.5) is 10.5 Å². The summed E-state index contributed by atoms with van der Waals surface area (Å²) in [5.74, 6) is 0.917. The summed E-state index contributed by atoms with van der Waals surface area (Å²) in [7, 11) is 0. The summed E-state index contributed by atoms with van der Waals surface area (Å²) in [4.78, 5) is 29.3. The summed E-state index contributed by atoms with van der Waals surface area (Å²) in [5, 5.41) is 5.75. The van der Waals surface area contributed by atoms with Crippen LogP contribution < -0.4 is 15.4 Å². The van der Waals surface area contributed by atoms with E-state index in [0.29, 0.717) is 43.2 Å². The molecule has 0 bridgehead atoms. The van der Waals surface area contributed by atoms with E-state index in [1.54, 1.807) is 6.92 Å². The van der Waals surface area contributed by atoms with Crippen molar-refractivity contribution in [3.63, 3.8) is 0 Å². The zero-order valence-electron chi connectivity index (χ0n) is 21.4. The summed E-state index contributed by atoms with van der Waals surface area (Å²) in [6.45, 7) is 7.76. The van der Waals surface area contributed by atoms with Gasteiger partial charge >= 0.3 is 12.0 Å². The predicted molar refractivity (Wildman–Crippen MR) is 141 cm³/mol. The normalized spacial score (nSPS) is 10.6. The third-order valence-corrected chi connectivity index (χ3v) is 5.66. The Hall–Kier alpha value is -3.81. The first kappa shape index (κ1) is 26.8. The number of para-hydroxylation sites is 2. The van der Waals surface area contributed by atoms with Crippen LogP contribution in [0, 0.1) is 6.92 Å². The number of hydrogen-bond acceptors (Lipinski definition) is 5. The molecule has 0 saturated heterocycles. The van der Waals surface area contributed by atoms with Gasteiger partial charge in [-0.05, 0) is 38.8 Å². The summed E-state index contributed by atoms with van der Waals surface area (Å²) < 4.78 is 13.3. The lowest BCUT2D eigenvalue weighted by Gasteiger charge is -2.14. The van der Waals surface area contributed by atoms with E-state index in [1.807, 2.05) is 66.1 Å². The molecule has 8 nitrogen and oxygen atoms in total. The molecule has 0 aliphatic carbocycles. The Labute approximate surface area is 213 Å². The molecule has 0 unspecified atom stereocenters. The molecule has 0 saturated carbocycles. The van der Waals surface area contributed by atoms with Crippen molar-refractivity contribution in [1.29, 1.82) is 0 Å². The molecule has 1 heterocycles. The molecule has 36 heavy (non-hydrogen) atoms. The Kier molecular flexibility index (Phi) is 10.4. The number of unbranched alkanes of at least 4 members (excludes halogenated alkanes) is 2. The van der Waals surface area contributed by atoms with Gasteiger partial charge in [-0.1, -0.05) is 62.2 Å². The van der Waals surface area contributed by atoms with Gasteiger partial charge in [0, 0.05) is 18.7 Å². The Morgan fingerprint density at radius 2 is 1.72 bits per heavy atom. The van der Waals surface area contributed by atoms with E-state index < -0.39 is 5.97 Å². The first-order chi connectivity index (χ1) is 17.5. The van der Waals surface area contributed by atoms with Gasteiger partial charge in [0.25, 0.3) is 0 Å². The molecule has 0 spiro atoms. The average molecular weight is 493 g/mol. The van der Waals surface area contributed by atoms with Crippen LogP contribution in [0.2, 0.25) is 0 Å². The van der Waals surface area contributed by atoms with E-state index in [9.17, 15) is 9.59 Å². The molecule has 2 amide bonds. The number of nitrogens with one attached hydrogen (secondary N) is 2. The standard InChI is InChI=1S/C28H36N4O4/c1-4-6-12-18-29-28(34)31-23-16-10-11-17-24(23)36-20-13-19-32-21(3)30-25(27(33)35-5-2)26(32)22-14-8-7-9-15-22/h7-11,14-17H,4-6,12-13,18-20H2,1-3H3,(H2,29,31,34). The van der Waals surface area contributed by atoms with Gasteiger partial charge in [-0.3, -0.25) is 0 Å². The Morgan fingerprint density at radius 1 is 0.972 bits per heavy atom. The largest absolute Gasteiger partial charge is 0.491 e. The number of benzene rings is 2. The minimum atomic E-state index is -0.428. The van der Waals surface area contributed by atoms with Crippen LogP contribution in [0.25, 0.3) is 11.3 Å². The second-order valence-corrected chi connectivity index (χ2v) is 8.38. The lowest BCUT2D eigenvalue weighted by atomic mass is 10.1. The fraction of sp³-hybridized carbons (Fsp3) is 0.393. The van der Waals surface area contributed by atoms with Crippen LogP contribution >= 0.6 is 0 Å². The Morgan fingerprint density at radius 3 is 2.47 bits per heavy atom. The highest BCUT2D eigenvalue weighted by Gasteiger charge is 2.23. The summed E-state index contributed by atoms with van der Waals surface area (Å²) in [5.41, 5.74) is 2.59. The summed E-state index contributed by atoms with van der Waals surface area (Å²) in [6.07, 6.45) is 3.83. The maximum absolute atomic E-state index is 12.6. The second-order valence-electron chi connectivity index (χ2n) is 8.38. The van der Waals surface area contributed by atoms with Crippen molar-refractivity contribution in [3.05, 3.63) is 66.1 Å². The number of ether oxygens (including phenoxy) is 2. The van der Waals surface area contributed by atoms with Crippen LogP contribution in [0.3, 0.4) is 0 Å². The van der Waals surface area contributed by atoms with E-state index in [0.717, 1.165) is 36.3 Å². The van der Waals surface area contributed by atoms with Crippen LogP contribution in [0.15, 0.2) is 54.6 Å². The Balaban J connectivity index is 1.65. The monoisotopic (exact) mass is 492 g/mol. The SMILES string of the molecule is CCCCCNC(=O)Nc1ccccc1OCCCn1c(C)nc(C(=O)OCC)c1-c1ccccc1. The molecule has 3 rings (SSSR count). The van der Waals surface area contributed by atoms with Gasteiger partial charge < -0.3 is 24.7 Å². The lowest BCUT2D eigenvalue weighted by molar-refractivity contribution is 0.0521. The number of carbonyl (C=O) groups is 2. The molecule has 0 aliphatic heterocycles. The van der Waals surface area contributed by atoms with E-state index in [-0.39, 0.29) is 12.6 Å². The third-order valence-electron chi connectivity index (χ3n) is 5.66. The third kappa shape index (κ3) is 7.34. The van der Waals surface area contributed by atoms with E-state index in [2.05, 4.69) is 22.5 Å². The minimum absolute atomic E-state index is 0.241. The molecule has 0 radical (unpaired) electrons. The smallest absolute Gasteiger partial charge is 0.359 e. The Bertz CT molecular complexity index is 1130. The molecule has 192 valence electrons. The molecule has 1 aromatic heterocycles. The highest BCUT2D eigenvalue weighted by atomic mass is 16.5. The maximum Gasteiger partial charge on any atom is 0.359 e. The summed E-state index contributed by atoms with van der Waals surface area (Å²) in [6, 6.07) is 16.9. The van der Waals surface area contributed by atoms with Gasteiger partial charge in [0.05, 0.1) is 24.6 Å². The topological polar surface area (TPSA) is 94.5 Å². The van der Waals surface area contributed by atoms with Gasteiger partial charge in [-0.2, -0.15) is 0 Å². The number of imidazole rings is 1. The number of hydrogen-bond donors (Lipinski definition) is 2. The van der Waals surface area contributed by atoms with E-state index >= 15 is 0 Å². The molecule has 2 N–H and O–H groups in total. The number of aromatic nitrogens is 2. The number of nitrogens with zero attached hydrogens (tertiary/aromatic N) is 2. The number of carbonyl (C=O) groups excluding carboxylic acids is 2. The zero-order valence-corrected chi connectivity index (χ0v) is 21.4. The minimum Gasteiger partial charge on any atom is -0.491 e. The van der Waals surface area contributed by atoms with Crippen molar-refractivity contribution in [2.24, 2.45) is 0 Å². The fourth-order valence-corrected chi connectivity index (χ4v) is 3.91. The van der Waals surface area contributed by atoms with Crippen molar-refractivity contribution >= 4 is 17.7 Å². The molecule has 0 aliphatic rings. The number of anilines is 1. The van der Waals surface area contributed by atoms with Gasteiger partial charge in [0.15, 0.2) is 5.69 Å². The molecule has 0 atom stereocenters. The first-order valence-corrected chi connectivity index (χ1v) is 12.6. The highest BCUT2D eigenvalue weighted by molar-refractivity contribution is 5.94. The van der Waals surface area contributed by atoms with Gasteiger partial charge in [0.2, 0.25) is 0 Å². The van der Waals surface area contributed by atoms with Crippen LogP contribution in [-0.4, -0.2) is 41.3 Å². The van der Waals surface area contributed by atoms with Gasteiger partial charge in [-0.25, -0.2) is 14.6 Å².